The van der Waals surface area contributed by atoms with Crippen molar-refractivity contribution in [3.8, 4) is 5.75 Å². The molecule has 0 saturated heterocycles. The first kappa shape index (κ1) is 12.7. The average Bonchev–Trinajstić information content (AvgIpc) is 2.38. The van der Waals surface area contributed by atoms with Gasteiger partial charge >= 0.3 is 0 Å². The molecule has 0 radical (unpaired) electrons. The molecule has 1 heterocycles. The van der Waals surface area contributed by atoms with Gasteiger partial charge in [-0.25, -0.2) is 4.39 Å². The largest absolute Gasteiger partial charge is 0.494 e. The molecule has 2 N–H and O–H groups in total. The molecule has 4 nitrogen and oxygen atoms in total. The second-order valence-corrected chi connectivity index (χ2v) is 4.40. The van der Waals surface area contributed by atoms with E-state index in [1.807, 2.05) is 13.8 Å². The van der Waals surface area contributed by atoms with Crippen LogP contribution in [0.15, 0.2) is 12.1 Å². The first-order valence-corrected chi connectivity index (χ1v) is 6.03. The first-order chi connectivity index (χ1) is 8.56. The molecule has 18 heavy (non-hydrogen) atoms. The molecule has 1 aliphatic heterocycles. The molecule has 0 fully saturated rings. The third-order valence-electron chi connectivity index (χ3n) is 3.56. The lowest BCUT2D eigenvalue weighted by molar-refractivity contribution is -0.120. The van der Waals surface area contributed by atoms with Gasteiger partial charge in [0.1, 0.15) is 5.54 Å². The van der Waals surface area contributed by atoms with Crippen molar-refractivity contribution < 1.29 is 13.9 Å². The van der Waals surface area contributed by atoms with Crippen molar-refractivity contribution in [2.45, 2.75) is 32.2 Å². The summed E-state index contributed by atoms with van der Waals surface area (Å²) in [4.78, 5) is 12.1. The number of ether oxygens (including phenoxy) is 1. The molecule has 5 heteroatoms. The Morgan fingerprint density at radius 3 is 2.50 bits per heavy atom. The molecule has 0 atom stereocenters. The number of anilines is 2. The molecule has 1 aromatic carbocycles. The van der Waals surface area contributed by atoms with Crippen molar-refractivity contribution in [2.75, 3.05) is 17.7 Å². The van der Waals surface area contributed by atoms with E-state index in [4.69, 9.17) is 4.74 Å². The van der Waals surface area contributed by atoms with Crippen LogP contribution in [-0.4, -0.2) is 18.6 Å². The number of benzene rings is 1. The molecule has 1 aromatic rings. The van der Waals surface area contributed by atoms with Gasteiger partial charge in [0, 0.05) is 12.1 Å². The molecule has 0 saturated carbocycles. The van der Waals surface area contributed by atoms with Crippen LogP contribution in [-0.2, 0) is 4.79 Å². The van der Waals surface area contributed by atoms with E-state index < -0.39 is 11.4 Å². The van der Waals surface area contributed by atoms with Crippen LogP contribution < -0.4 is 15.4 Å². The molecule has 0 aliphatic carbocycles. The number of nitrogens with one attached hydrogen (secondary N) is 2. The highest BCUT2D eigenvalue weighted by Crippen LogP contribution is 2.37. The minimum Gasteiger partial charge on any atom is -0.494 e. The van der Waals surface area contributed by atoms with Crippen molar-refractivity contribution in [3.05, 3.63) is 17.9 Å². The zero-order chi connectivity index (χ0) is 13.3. The molecule has 2 rings (SSSR count). The molecule has 98 valence electrons. The molecule has 0 aromatic heterocycles. The average molecular weight is 252 g/mol. The SMILES string of the molecule is CCC1(CC)Nc2cc(OC)c(F)cc2NC1=O. The summed E-state index contributed by atoms with van der Waals surface area (Å²) in [7, 11) is 1.42. The zero-order valence-electron chi connectivity index (χ0n) is 10.8. The molecule has 1 amide bonds. The maximum Gasteiger partial charge on any atom is 0.250 e. The number of hydrogen-bond donors (Lipinski definition) is 2. The molecule has 1 aliphatic rings. The second-order valence-electron chi connectivity index (χ2n) is 4.40. The van der Waals surface area contributed by atoms with Gasteiger partial charge in [0.15, 0.2) is 11.6 Å². The van der Waals surface area contributed by atoms with Crippen LogP contribution in [0.2, 0.25) is 0 Å². The number of hydrogen-bond acceptors (Lipinski definition) is 3. The first-order valence-electron chi connectivity index (χ1n) is 6.03. The molecule has 0 unspecified atom stereocenters. The maximum atomic E-state index is 13.6. The molecule has 0 spiro atoms. The zero-order valence-corrected chi connectivity index (χ0v) is 10.8. The summed E-state index contributed by atoms with van der Waals surface area (Å²) in [5, 5.41) is 5.95. The minimum absolute atomic E-state index is 0.121. The van der Waals surface area contributed by atoms with Gasteiger partial charge in [0.05, 0.1) is 18.5 Å². The Labute approximate surface area is 106 Å². The topological polar surface area (TPSA) is 50.4 Å². The summed E-state index contributed by atoms with van der Waals surface area (Å²) in [6.07, 6.45) is 1.32. The summed E-state index contributed by atoms with van der Waals surface area (Å²) in [5.74, 6) is -0.443. The Bertz CT molecular complexity index is 484. The minimum atomic E-state index is -0.629. The van der Waals surface area contributed by atoms with Crippen molar-refractivity contribution in [2.24, 2.45) is 0 Å². The molecular weight excluding hydrogens is 235 g/mol. The van der Waals surface area contributed by atoms with E-state index in [1.54, 1.807) is 6.07 Å². The van der Waals surface area contributed by atoms with Gasteiger partial charge in [-0.05, 0) is 12.8 Å². The summed E-state index contributed by atoms with van der Waals surface area (Å²) in [6, 6.07) is 2.85. The molecular formula is C13H17FN2O2. The number of fused-ring (bicyclic) bond motifs is 1. The lowest BCUT2D eigenvalue weighted by atomic mass is 9.89. The quantitative estimate of drug-likeness (QED) is 0.869. The third kappa shape index (κ3) is 1.79. The standard InChI is InChI=1S/C13H17FN2O2/c1-4-13(5-2)12(17)15-9-6-8(14)11(18-3)7-10(9)16-13/h6-7,16H,4-5H2,1-3H3,(H,15,17). The number of rotatable bonds is 3. The summed E-state index contributed by atoms with van der Waals surface area (Å²) >= 11 is 0. The highest BCUT2D eigenvalue weighted by Gasteiger charge is 2.39. The van der Waals surface area contributed by atoms with Crippen molar-refractivity contribution in [1.82, 2.24) is 0 Å². The number of methoxy groups -OCH3 is 1. The fourth-order valence-electron chi connectivity index (χ4n) is 2.22. The van der Waals surface area contributed by atoms with E-state index in [-0.39, 0.29) is 11.7 Å². The van der Waals surface area contributed by atoms with Crippen molar-refractivity contribution in [3.63, 3.8) is 0 Å². The van der Waals surface area contributed by atoms with Gasteiger partial charge in [-0.3, -0.25) is 4.79 Å². The number of carbonyl (C=O) groups is 1. The van der Waals surface area contributed by atoms with E-state index in [1.165, 1.54) is 13.2 Å². The van der Waals surface area contributed by atoms with Crippen LogP contribution in [0, 0.1) is 5.82 Å². The smallest absolute Gasteiger partial charge is 0.250 e. The highest BCUT2D eigenvalue weighted by atomic mass is 19.1. The predicted octanol–water partition coefficient (Wildman–Crippen LogP) is 2.76. The second kappa shape index (κ2) is 4.48. The number of carbonyl (C=O) groups excluding carboxylic acids is 1. The van der Waals surface area contributed by atoms with Crippen LogP contribution in [0.5, 0.6) is 5.75 Å². The van der Waals surface area contributed by atoms with Gasteiger partial charge in [0.25, 0.3) is 0 Å². The van der Waals surface area contributed by atoms with E-state index in [9.17, 15) is 9.18 Å². The predicted molar refractivity (Wildman–Crippen MR) is 68.5 cm³/mol. The van der Waals surface area contributed by atoms with Crippen LogP contribution in [0.25, 0.3) is 0 Å². The van der Waals surface area contributed by atoms with E-state index in [0.29, 0.717) is 24.2 Å². The lowest BCUT2D eigenvalue weighted by Gasteiger charge is -2.37. The number of halogens is 1. The van der Waals surface area contributed by atoms with Crippen molar-refractivity contribution in [1.29, 1.82) is 0 Å². The summed E-state index contributed by atoms with van der Waals surface area (Å²) in [6.45, 7) is 3.89. The van der Waals surface area contributed by atoms with Gasteiger partial charge in [0.2, 0.25) is 5.91 Å². The number of amides is 1. The van der Waals surface area contributed by atoms with E-state index >= 15 is 0 Å². The van der Waals surface area contributed by atoms with Crippen LogP contribution >= 0.6 is 0 Å². The van der Waals surface area contributed by atoms with Crippen LogP contribution in [0.1, 0.15) is 26.7 Å². The van der Waals surface area contributed by atoms with Gasteiger partial charge in [-0.2, -0.15) is 0 Å². The Balaban J connectivity index is 2.47. The Hall–Kier alpha value is -1.78. The Kier molecular flexibility index (Phi) is 3.15. The van der Waals surface area contributed by atoms with E-state index in [2.05, 4.69) is 10.6 Å². The highest BCUT2D eigenvalue weighted by molar-refractivity contribution is 6.06. The fourth-order valence-corrected chi connectivity index (χ4v) is 2.22. The Morgan fingerprint density at radius 2 is 1.94 bits per heavy atom. The normalized spacial score (nSPS) is 16.6. The fraction of sp³-hybridized carbons (Fsp3) is 0.462. The van der Waals surface area contributed by atoms with Crippen molar-refractivity contribution >= 4 is 17.3 Å². The van der Waals surface area contributed by atoms with Crippen LogP contribution in [0.3, 0.4) is 0 Å². The van der Waals surface area contributed by atoms with Crippen LogP contribution in [0.4, 0.5) is 15.8 Å². The Morgan fingerprint density at radius 1 is 1.28 bits per heavy atom. The van der Waals surface area contributed by atoms with Gasteiger partial charge < -0.3 is 15.4 Å². The van der Waals surface area contributed by atoms with Gasteiger partial charge in [-0.15, -0.1) is 0 Å². The maximum absolute atomic E-state index is 13.6. The summed E-state index contributed by atoms with van der Waals surface area (Å²) in [5.41, 5.74) is 0.517. The lowest BCUT2D eigenvalue weighted by Crippen LogP contribution is -2.51. The van der Waals surface area contributed by atoms with Gasteiger partial charge in [-0.1, -0.05) is 13.8 Å². The summed E-state index contributed by atoms with van der Waals surface area (Å²) < 4.78 is 18.5. The third-order valence-corrected chi connectivity index (χ3v) is 3.56. The molecule has 0 bridgehead atoms. The van der Waals surface area contributed by atoms with E-state index in [0.717, 1.165) is 0 Å². The monoisotopic (exact) mass is 252 g/mol.